The maximum absolute atomic E-state index is 12.4. The maximum Gasteiger partial charge on any atom is 0.256 e. The van der Waals surface area contributed by atoms with E-state index in [1.54, 1.807) is 18.1 Å². The highest BCUT2D eigenvalue weighted by molar-refractivity contribution is 7.20. The molecule has 3 nitrogen and oxygen atoms in total. The Bertz CT molecular complexity index is 407. The summed E-state index contributed by atoms with van der Waals surface area (Å²) in [5.41, 5.74) is 0.475. The van der Waals surface area contributed by atoms with Crippen molar-refractivity contribution in [2.75, 3.05) is 26.8 Å². The van der Waals surface area contributed by atoms with Crippen molar-refractivity contribution in [1.29, 1.82) is 0 Å². The van der Waals surface area contributed by atoms with Gasteiger partial charge in [0.05, 0.1) is 16.5 Å². The lowest BCUT2D eigenvalue weighted by molar-refractivity contribution is 0.0673. The lowest BCUT2D eigenvalue weighted by atomic mass is 10.2. The first-order valence-corrected chi connectivity index (χ1v) is 7.26. The first-order valence-electron chi connectivity index (χ1n) is 5.68. The molecule has 0 saturated carbocycles. The van der Waals surface area contributed by atoms with Gasteiger partial charge in [-0.1, -0.05) is 37.0 Å². The molecule has 0 aromatic carbocycles. The summed E-state index contributed by atoms with van der Waals surface area (Å²) in [5, 5.41) is 0. The van der Waals surface area contributed by atoms with Crippen molar-refractivity contribution in [2.24, 2.45) is 5.92 Å². The summed E-state index contributed by atoms with van der Waals surface area (Å²) >= 11 is 13.1. The third-order valence-electron chi connectivity index (χ3n) is 2.33. The standard InChI is InChI=1S/C12H17Cl2NO2S/c1-8(2)7-15(4-5-17-3)12(16)9-6-10(13)18-11(9)14/h6,8H,4-5,7H2,1-3H3. The number of ether oxygens (including phenoxy) is 1. The van der Waals surface area contributed by atoms with Crippen molar-refractivity contribution >= 4 is 40.4 Å². The zero-order valence-corrected chi connectivity index (χ0v) is 13.0. The Labute approximate surface area is 122 Å². The summed E-state index contributed by atoms with van der Waals surface area (Å²) in [6, 6.07) is 1.62. The molecule has 18 heavy (non-hydrogen) atoms. The second kappa shape index (κ2) is 7.34. The summed E-state index contributed by atoms with van der Waals surface area (Å²) in [6.07, 6.45) is 0. The molecular formula is C12H17Cl2NO2S. The van der Waals surface area contributed by atoms with Crippen molar-refractivity contribution in [2.45, 2.75) is 13.8 Å². The van der Waals surface area contributed by atoms with E-state index < -0.39 is 0 Å². The smallest absolute Gasteiger partial charge is 0.256 e. The number of methoxy groups -OCH3 is 1. The molecule has 0 atom stereocenters. The third kappa shape index (κ3) is 4.43. The van der Waals surface area contributed by atoms with E-state index in [-0.39, 0.29) is 5.91 Å². The molecule has 1 heterocycles. The van der Waals surface area contributed by atoms with Crippen LogP contribution in [-0.2, 0) is 4.74 Å². The van der Waals surface area contributed by atoms with Gasteiger partial charge in [0, 0.05) is 20.2 Å². The van der Waals surface area contributed by atoms with Crippen LogP contribution < -0.4 is 0 Å². The molecule has 0 unspecified atom stereocenters. The van der Waals surface area contributed by atoms with E-state index in [2.05, 4.69) is 13.8 Å². The minimum atomic E-state index is -0.0890. The van der Waals surface area contributed by atoms with Gasteiger partial charge in [-0.05, 0) is 12.0 Å². The summed E-state index contributed by atoms with van der Waals surface area (Å²) < 4.78 is 5.99. The van der Waals surface area contributed by atoms with Crippen molar-refractivity contribution < 1.29 is 9.53 Å². The van der Waals surface area contributed by atoms with Gasteiger partial charge >= 0.3 is 0 Å². The molecule has 0 N–H and O–H groups in total. The van der Waals surface area contributed by atoms with Crippen molar-refractivity contribution in [3.63, 3.8) is 0 Å². The van der Waals surface area contributed by atoms with E-state index in [0.29, 0.717) is 39.9 Å². The van der Waals surface area contributed by atoms with Crippen LogP contribution in [0.5, 0.6) is 0 Å². The molecule has 6 heteroatoms. The average molecular weight is 310 g/mol. The molecule has 1 amide bonds. The van der Waals surface area contributed by atoms with Crippen LogP contribution in [0.3, 0.4) is 0 Å². The Balaban J connectivity index is 2.83. The molecular weight excluding hydrogens is 293 g/mol. The molecule has 0 fully saturated rings. The number of amides is 1. The van der Waals surface area contributed by atoms with Crippen LogP contribution in [-0.4, -0.2) is 37.6 Å². The lowest BCUT2D eigenvalue weighted by Gasteiger charge is -2.24. The highest BCUT2D eigenvalue weighted by Crippen LogP contribution is 2.32. The Morgan fingerprint density at radius 3 is 2.61 bits per heavy atom. The van der Waals surface area contributed by atoms with Crippen LogP contribution in [0.2, 0.25) is 8.67 Å². The predicted molar refractivity (Wildman–Crippen MR) is 77.0 cm³/mol. The van der Waals surface area contributed by atoms with Gasteiger partial charge in [-0.15, -0.1) is 11.3 Å². The molecule has 1 aromatic rings. The predicted octanol–water partition coefficient (Wildman–Crippen LogP) is 3.80. The Hall–Kier alpha value is -0.290. The molecule has 0 spiro atoms. The second-order valence-corrected chi connectivity index (χ2v) is 6.66. The highest BCUT2D eigenvalue weighted by atomic mass is 35.5. The first kappa shape index (κ1) is 15.8. The summed E-state index contributed by atoms with van der Waals surface area (Å²) in [7, 11) is 1.62. The Morgan fingerprint density at radius 2 is 2.17 bits per heavy atom. The molecule has 0 bridgehead atoms. The number of halogens is 2. The monoisotopic (exact) mass is 309 g/mol. The molecule has 1 rings (SSSR count). The highest BCUT2D eigenvalue weighted by Gasteiger charge is 2.21. The van der Waals surface area contributed by atoms with Gasteiger partial charge in [0.1, 0.15) is 4.34 Å². The first-order chi connectivity index (χ1) is 8.45. The van der Waals surface area contributed by atoms with Gasteiger partial charge in [0.15, 0.2) is 0 Å². The third-order valence-corrected chi connectivity index (χ3v) is 3.81. The van der Waals surface area contributed by atoms with Gasteiger partial charge < -0.3 is 9.64 Å². The number of carbonyl (C=O) groups excluding carboxylic acids is 1. The molecule has 1 aromatic heterocycles. The topological polar surface area (TPSA) is 29.5 Å². The Kier molecular flexibility index (Phi) is 6.43. The average Bonchev–Trinajstić information content (AvgIpc) is 2.62. The van der Waals surface area contributed by atoms with Crippen molar-refractivity contribution in [1.82, 2.24) is 4.90 Å². The van der Waals surface area contributed by atoms with Gasteiger partial charge in [-0.25, -0.2) is 0 Å². The normalized spacial score (nSPS) is 11.0. The number of carbonyl (C=O) groups is 1. The van der Waals surface area contributed by atoms with Crippen LogP contribution in [0, 0.1) is 5.92 Å². The van der Waals surface area contributed by atoms with Gasteiger partial charge in [0.2, 0.25) is 0 Å². The van der Waals surface area contributed by atoms with Crippen LogP contribution in [0.25, 0.3) is 0 Å². The molecule has 0 aliphatic rings. The SMILES string of the molecule is COCCN(CC(C)C)C(=O)c1cc(Cl)sc1Cl. The zero-order valence-electron chi connectivity index (χ0n) is 10.7. The lowest BCUT2D eigenvalue weighted by Crippen LogP contribution is -2.36. The van der Waals surface area contributed by atoms with Crippen molar-refractivity contribution in [3.8, 4) is 0 Å². The fourth-order valence-electron chi connectivity index (χ4n) is 1.57. The maximum atomic E-state index is 12.4. The molecule has 0 saturated heterocycles. The quantitative estimate of drug-likeness (QED) is 0.800. The molecule has 0 aliphatic carbocycles. The summed E-state index contributed by atoms with van der Waals surface area (Å²) in [4.78, 5) is 14.1. The van der Waals surface area contributed by atoms with Crippen molar-refractivity contribution in [3.05, 3.63) is 20.3 Å². The van der Waals surface area contributed by atoms with Crippen LogP contribution in [0.1, 0.15) is 24.2 Å². The van der Waals surface area contributed by atoms with Crippen LogP contribution >= 0.6 is 34.5 Å². The Morgan fingerprint density at radius 1 is 1.50 bits per heavy atom. The molecule has 0 radical (unpaired) electrons. The van der Waals surface area contributed by atoms with Gasteiger partial charge in [0.25, 0.3) is 5.91 Å². The van der Waals surface area contributed by atoms with Crippen LogP contribution in [0.4, 0.5) is 0 Å². The minimum Gasteiger partial charge on any atom is -0.383 e. The minimum absolute atomic E-state index is 0.0890. The van der Waals surface area contributed by atoms with E-state index >= 15 is 0 Å². The number of nitrogens with zero attached hydrogens (tertiary/aromatic N) is 1. The van der Waals surface area contributed by atoms with E-state index in [0.717, 1.165) is 0 Å². The fraction of sp³-hybridized carbons (Fsp3) is 0.583. The van der Waals surface area contributed by atoms with E-state index in [1.807, 2.05) is 0 Å². The fourth-order valence-corrected chi connectivity index (χ4v) is 3.02. The van der Waals surface area contributed by atoms with E-state index in [4.69, 9.17) is 27.9 Å². The number of thiophene rings is 1. The van der Waals surface area contributed by atoms with Crippen LogP contribution in [0.15, 0.2) is 6.07 Å². The largest absolute Gasteiger partial charge is 0.383 e. The second-order valence-electron chi connectivity index (χ2n) is 4.38. The number of hydrogen-bond acceptors (Lipinski definition) is 3. The summed E-state index contributed by atoms with van der Waals surface area (Å²) in [5.74, 6) is 0.299. The zero-order chi connectivity index (χ0) is 13.7. The number of hydrogen-bond donors (Lipinski definition) is 0. The molecule has 0 aliphatic heterocycles. The summed E-state index contributed by atoms with van der Waals surface area (Å²) in [6.45, 7) is 5.86. The molecule has 102 valence electrons. The van der Waals surface area contributed by atoms with Gasteiger partial charge in [-0.3, -0.25) is 4.79 Å². The van der Waals surface area contributed by atoms with Gasteiger partial charge in [-0.2, -0.15) is 0 Å². The number of rotatable bonds is 6. The van der Waals surface area contributed by atoms with E-state index in [9.17, 15) is 4.79 Å². The van der Waals surface area contributed by atoms with E-state index in [1.165, 1.54) is 11.3 Å².